The van der Waals surface area contributed by atoms with Crippen LogP contribution in [0.1, 0.15) is 5.69 Å². The average Bonchev–Trinajstić information content (AvgIpc) is 2.75. The Labute approximate surface area is 73.0 Å². The van der Waals surface area contributed by atoms with E-state index in [1.54, 1.807) is 12.3 Å². The maximum Gasteiger partial charge on any atom is 0.195 e. The van der Waals surface area contributed by atoms with Crippen LogP contribution in [-0.2, 0) is 6.54 Å². The molecule has 0 aliphatic carbocycles. The number of hydrogen-bond acceptors (Lipinski definition) is 5. The minimum absolute atomic E-state index is 0.398. The van der Waals surface area contributed by atoms with Gasteiger partial charge in [-0.05, 0) is 0 Å². The smallest absolute Gasteiger partial charge is 0.195 e. The lowest BCUT2D eigenvalue weighted by Gasteiger charge is -1.81. The number of nitrogens with zero attached hydrogens (tertiary/aromatic N) is 2. The first-order valence-electron chi connectivity index (χ1n) is 3.45. The van der Waals surface area contributed by atoms with E-state index in [4.69, 9.17) is 10.3 Å². The van der Waals surface area contributed by atoms with Gasteiger partial charge in [0.2, 0.25) is 0 Å². The first-order valence-corrected chi connectivity index (χ1v) is 4.33. The molecule has 0 unspecified atom stereocenters. The van der Waals surface area contributed by atoms with Gasteiger partial charge in [-0.3, -0.25) is 0 Å². The van der Waals surface area contributed by atoms with E-state index in [1.165, 1.54) is 11.3 Å². The molecule has 0 aromatic carbocycles. The van der Waals surface area contributed by atoms with Crippen LogP contribution in [0.25, 0.3) is 10.8 Å². The molecule has 0 aliphatic heterocycles. The minimum Gasteiger partial charge on any atom is -0.353 e. The van der Waals surface area contributed by atoms with Crippen molar-refractivity contribution in [2.75, 3.05) is 0 Å². The summed E-state index contributed by atoms with van der Waals surface area (Å²) in [5, 5.41) is 6.48. The Balaban J connectivity index is 2.35. The van der Waals surface area contributed by atoms with Crippen molar-refractivity contribution >= 4 is 11.3 Å². The quantitative estimate of drug-likeness (QED) is 0.757. The van der Waals surface area contributed by atoms with Gasteiger partial charge in [-0.15, -0.1) is 11.3 Å². The van der Waals surface area contributed by atoms with Crippen molar-refractivity contribution in [2.45, 2.75) is 6.54 Å². The zero-order valence-electron chi connectivity index (χ0n) is 6.23. The zero-order chi connectivity index (χ0) is 8.39. The molecule has 0 radical (unpaired) electrons. The largest absolute Gasteiger partial charge is 0.353 e. The molecule has 2 aromatic heterocycles. The van der Waals surface area contributed by atoms with Gasteiger partial charge in [0, 0.05) is 24.2 Å². The van der Waals surface area contributed by atoms with Crippen LogP contribution in [0.15, 0.2) is 22.2 Å². The Morgan fingerprint density at radius 2 is 2.50 bits per heavy atom. The van der Waals surface area contributed by atoms with Crippen molar-refractivity contribution in [3.05, 3.63) is 23.3 Å². The highest BCUT2D eigenvalue weighted by Gasteiger charge is 2.06. The van der Waals surface area contributed by atoms with Gasteiger partial charge in [-0.1, -0.05) is 5.16 Å². The van der Waals surface area contributed by atoms with E-state index < -0.39 is 0 Å². The number of hydrogen-bond donors (Lipinski definition) is 1. The summed E-state index contributed by atoms with van der Waals surface area (Å²) in [7, 11) is 0. The first-order chi connectivity index (χ1) is 5.90. The van der Waals surface area contributed by atoms with Crippen LogP contribution in [-0.4, -0.2) is 10.1 Å². The van der Waals surface area contributed by atoms with Crippen LogP contribution in [0.5, 0.6) is 0 Å². The molecule has 4 nitrogen and oxygen atoms in total. The Kier molecular flexibility index (Phi) is 1.89. The lowest BCUT2D eigenvalue weighted by Crippen LogP contribution is -1.94. The summed E-state index contributed by atoms with van der Waals surface area (Å²) in [6.45, 7) is 0.398. The molecule has 0 fully saturated rings. The van der Waals surface area contributed by atoms with Crippen molar-refractivity contribution < 1.29 is 4.52 Å². The molecule has 0 amide bonds. The molecule has 0 saturated heterocycles. The summed E-state index contributed by atoms with van der Waals surface area (Å²) in [6.07, 6.45) is 1.73. The molecule has 0 aliphatic rings. The Morgan fingerprint density at radius 3 is 3.08 bits per heavy atom. The summed E-state index contributed by atoms with van der Waals surface area (Å²) in [5.41, 5.74) is 6.13. The molecule has 2 aromatic rings. The van der Waals surface area contributed by atoms with E-state index in [0.717, 1.165) is 10.7 Å². The normalized spacial score (nSPS) is 10.4. The summed E-state index contributed by atoms with van der Waals surface area (Å²) in [4.78, 5) is 4.08. The third kappa shape index (κ3) is 1.24. The van der Waals surface area contributed by atoms with Crippen molar-refractivity contribution in [2.24, 2.45) is 5.73 Å². The van der Waals surface area contributed by atoms with Crippen LogP contribution >= 0.6 is 11.3 Å². The molecule has 0 atom stereocenters. The Morgan fingerprint density at radius 1 is 1.58 bits per heavy atom. The van der Waals surface area contributed by atoms with Crippen LogP contribution in [0.4, 0.5) is 0 Å². The standard InChI is InChI=1S/C7H7N3OS/c8-4-5-3-6(11-10-5)7-9-1-2-12-7/h1-3H,4,8H2. The second kappa shape index (κ2) is 3.04. The third-order valence-electron chi connectivity index (χ3n) is 1.41. The highest BCUT2D eigenvalue weighted by Crippen LogP contribution is 2.21. The summed E-state index contributed by atoms with van der Waals surface area (Å²) >= 11 is 1.51. The van der Waals surface area contributed by atoms with Crippen LogP contribution in [0.3, 0.4) is 0 Å². The number of aromatic nitrogens is 2. The first kappa shape index (κ1) is 7.45. The van der Waals surface area contributed by atoms with Crippen molar-refractivity contribution in [1.29, 1.82) is 0 Å². The van der Waals surface area contributed by atoms with E-state index in [1.807, 2.05) is 5.38 Å². The average molecular weight is 181 g/mol. The van der Waals surface area contributed by atoms with E-state index in [9.17, 15) is 0 Å². The summed E-state index contributed by atoms with van der Waals surface area (Å²) < 4.78 is 5.02. The second-order valence-corrected chi connectivity index (χ2v) is 3.12. The zero-order valence-corrected chi connectivity index (χ0v) is 7.04. The summed E-state index contributed by atoms with van der Waals surface area (Å²) in [5.74, 6) is 0.686. The van der Waals surface area contributed by atoms with Gasteiger partial charge in [0.05, 0.1) is 5.69 Å². The topological polar surface area (TPSA) is 64.9 Å². The number of rotatable bonds is 2. The van der Waals surface area contributed by atoms with Crippen LogP contribution in [0, 0.1) is 0 Å². The third-order valence-corrected chi connectivity index (χ3v) is 2.20. The molecule has 12 heavy (non-hydrogen) atoms. The van der Waals surface area contributed by atoms with Crippen LogP contribution < -0.4 is 5.73 Å². The van der Waals surface area contributed by atoms with Gasteiger partial charge >= 0.3 is 0 Å². The maximum absolute atomic E-state index is 5.38. The number of nitrogens with two attached hydrogens (primary N) is 1. The van der Waals surface area contributed by atoms with Crippen LogP contribution in [0.2, 0.25) is 0 Å². The molecule has 0 saturated carbocycles. The van der Waals surface area contributed by atoms with Crippen molar-refractivity contribution in [1.82, 2.24) is 10.1 Å². The molecule has 2 heterocycles. The van der Waals surface area contributed by atoms with Gasteiger partial charge in [0.25, 0.3) is 0 Å². The fourth-order valence-electron chi connectivity index (χ4n) is 0.854. The SMILES string of the molecule is NCc1cc(-c2nccs2)on1. The molecule has 5 heteroatoms. The maximum atomic E-state index is 5.38. The predicted molar refractivity (Wildman–Crippen MR) is 45.5 cm³/mol. The number of thiazole rings is 1. The van der Waals surface area contributed by atoms with Gasteiger partial charge in [-0.2, -0.15) is 0 Å². The molecular weight excluding hydrogens is 174 g/mol. The van der Waals surface area contributed by atoms with E-state index in [2.05, 4.69) is 10.1 Å². The predicted octanol–water partition coefficient (Wildman–Crippen LogP) is 1.26. The highest BCUT2D eigenvalue weighted by molar-refractivity contribution is 7.13. The van der Waals surface area contributed by atoms with Gasteiger partial charge in [0.1, 0.15) is 0 Å². The fourth-order valence-corrected chi connectivity index (χ4v) is 1.44. The van der Waals surface area contributed by atoms with Gasteiger partial charge in [0.15, 0.2) is 10.8 Å². The Hall–Kier alpha value is -1.20. The fraction of sp³-hybridized carbons (Fsp3) is 0.143. The molecule has 2 rings (SSSR count). The Bertz CT molecular complexity index is 354. The molecular formula is C7H7N3OS. The van der Waals surface area contributed by atoms with Crippen molar-refractivity contribution in [3.63, 3.8) is 0 Å². The van der Waals surface area contributed by atoms with E-state index in [0.29, 0.717) is 12.3 Å². The second-order valence-electron chi connectivity index (χ2n) is 2.22. The van der Waals surface area contributed by atoms with Crippen molar-refractivity contribution in [3.8, 4) is 10.8 Å². The van der Waals surface area contributed by atoms with Gasteiger partial charge in [-0.25, -0.2) is 4.98 Å². The molecule has 0 bridgehead atoms. The highest BCUT2D eigenvalue weighted by atomic mass is 32.1. The minimum atomic E-state index is 0.398. The van der Waals surface area contributed by atoms with Gasteiger partial charge < -0.3 is 10.3 Å². The lowest BCUT2D eigenvalue weighted by molar-refractivity contribution is 0.423. The monoisotopic (exact) mass is 181 g/mol. The molecule has 2 N–H and O–H groups in total. The van der Waals surface area contributed by atoms with E-state index >= 15 is 0 Å². The molecule has 0 spiro atoms. The lowest BCUT2D eigenvalue weighted by atomic mass is 10.4. The van der Waals surface area contributed by atoms with E-state index in [-0.39, 0.29) is 0 Å². The summed E-state index contributed by atoms with van der Waals surface area (Å²) in [6, 6.07) is 1.80. The molecule has 62 valence electrons.